The van der Waals surface area contributed by atoms with Crippen molar-refractivity contribution in [2.45, 2.75) is 6.42 Å². The van der Waals surface area contributed by atoms with E-state index in [1.807, 2.05) is 0 Å². The van der Waals surface area contributed by atoms with Gasteiger partial charge in [-0.3, -0.25) is 14.0 Å². The van der Waals surface area contributed by atoms with E-state index in [2.05, 4.69) is 9.88 Å². The van der Waals surface area contributed by atoms with Gasteiger partial charge in [-0.15, -0.1) is 0 Å². The molecule has 0 radical (unpaired) electrons. The van der Waals surface area contributed by atoms with Gasteiger partial charge in [0.05, 0.1) is 19.5 Å². The van der Waals surface area contributed by atoms with E-state index in [1.54, 1.807) is 29.3 Å². The normalized spacial score (nSPS) is 23.0. The summed E-state index contributed by atoms with van der Waals surface area (Å²) in [6, 6.07) is 0. The highest BCUT2D eigenvalue weighted by Crippen LogP contribution is 2.27. The maximum absolute atomic E-state index is 12.5. The average Bonchev–Trinajstić information content (AvgIpc) is 2.91. The van der Waals surface area contributed by atoms with Gasteiger partial charge in [0.2, 0.25) is 11.2 Å². The quantitative estimate of drug-likeness (QED) is 0.753. The SMILES string of the molecule is CN1c2ncn(C)c2C(=O)N(CCCN2CCOCC2)S1=O. The Kier molecular flexibility index (Phi) is 4.46. The Morgan fingerprint density at radius 1 is 1.27 bits per heavy atom. The molecule has 0 saturated carbocycles. The summed E-state index contributed by atoms with van der Waals surface area (Å²) in [5.41, 5.74) is 0.494. The number of hydrogen-bond donors (Lipinski definition) is 0. The molecule has 0 spiro atoms. The average molecular weight is 327 g/mol. The van der Waals surface area contributed by atoms with Crippen LogP contribution in [-0.2, 0) is 23.0 Å². The third-order valence-corrected chi connectivity index (χ3v) is 5.37. The molecule has 0 N–H and O–H groups in total. The van der Waals surface area contributed by atoms with Crippen molar-refractivity contribution in [3.63, 3.8) is 0 Å². The van der Waals surface area contributed by atoms with Gasteiger partial charge in [0.1, 0.15) is 0 Å². The van der Waals surface area contributed by atoms with Crippen LogP contribution in [0, 0.1) is 0 Å². The van der Waals surface area contributed by atoms with E-state index in [4.69, 9.17) is 4.74 Å². The highest BCUT2D eigenvalue weighted by Gasteiger charge is 2.37. The third-order valence-electron chi connectivity index (χ3n) is 4.01. The molecule has 0 bridgehead atoms. The number of morpholine rings is 1. The number of fused-ring (bicyclic) bond motifs is 1. The van der Waals surface area contributed by atoms with E-state index >= 15 is 0 Å². The van der Waals surface area contributed by atoms with Gasteiger partial charge in [-0.05, 0) is 6.42 Å². The second-order valence-corrected chi connectivity index (χ2v) is 6.92. The molecule has 0 aromatic carbocycles. The maximum Gasteiger partial charge on any atom is 0.287 e. The number of rotatable bonds is 4. The molecule has 2 aliphatic rings. The first-order valence-corrected chi connectivity index (χ1v) is 8.45. The van der Waals surface area contributed by atoms with Crippen molar-refractivity contribution in [1.29, 1.82) is 0 Å². The van der Waals surface area contributed by atoms with Gasteiger partial charge in [0.15, 0.2) is 11.5 Å². The monoisotopic (exact) mass is 327 g/mol. The molecule has 22 heavy (non-hydrogen) atoms. The summed E-state index contributed by atoms with van der Waals surface area (Å²) in [6.07, 6.45) is 2.37. The zero-order valence-electron chi connectivity index (χ0n) is 12.9. The van der Waals surface area contributed by atoms with Crippen LogP contribution in [0.3, 0.4) is 0 Å². The molecule has 9 heteroatoms. The van der Waals surface area contributed by atoms with Gasteiger partial charge in [-0.1, -0.05) is 0 Å². The van der Waals surface area contributed by atoms with Crippen molar-refractivity contribution >= 4 is 22.9 Å². The Bertz CT molecular complexity index is 584. The van der Waals surface area contributed by atoms with E-state index in [0.717, 1.165) is 39.3 Å². The summed E-state index contributed by atoms with van der Waals surface area (Å²) in [5, 5.41) is 0. The van der Waals surface area contributed by atoms with Crippen LogP contribution in [0.1, 0.15) is 16.9 Å². The molecule has 1 aromatic heterocycles. The Morgan fingerprint density at radius 2 is 2.00 bits per heavy atom. The summed E-state index contributed by atoms with van der Waals surface area (Å²) >= 11 is -1.51. The third kappa shape index (κ3) is 2.75. The number of carbonyl (C=O) groups is 1. The van der Waals surface area contributed by atoms with Gasteiger partial charge in [0.25, 0.3) is 5.91 Å². The van der Waals surface area contributed by atoms with E-state index in [1.165, 1.54) is 4.31 Å². The number of aryl methyl sites for hydroxylation is 1. The predicted molar refractivity (Wildman–Crippen MR) is 82.7 cm³/mol. The molecule has 122 valence electrons. The zero-order valence-corrected chi connectivity index (χ0v) is 13.7. The van der Waals surface area contributed by atoms with Crippen molar-refractivity contribution in [2.75, 3.05) is 50.7 Å². The van der Waals surface area contributed by atoms with Gasteiger partial charge < -0.3 is 9.30 Å². The molecule has 2 aliphatic heterocycles. The van der Waals surface area contributed by atoms with Crippen molar-refractivity contribution < 1.29 is 13.7 Å². The first-order valence-electron chi connectivity index (χ1n) is 7.38. The molecule has 8 nitrogen and oxygen atoms in total. The summed E-state index contributed by atoms with van der Waals surface area (Å²) < 4.78 is 22.4. The number of aromatic nitrogens is 2. The van der Waals surface area contributed by atoms with Gasteiger partial charge >= 0.3 is 0 Å². The van der Waals surface area contributed by atoms with Crippen LogP contribution < -0.4 is 4.31 Å². The topological polar surface area (TPSA) is 70.9 Å². The second kappa shape index (κ2) is 6.35. The molecule has 1 aromatic rings. The molecular weight excluding hydrogens is 306 g/mol. The highest BCUT2D eigenvalue weighted by atomic mass is 32.2. The zero-order chi connectivity index (χ0) is 15.7. The molecule has 1 unspecified atom stereocenters. The fraction of sp³-hybridized carbons (Fsp3) is 0.692. The van der Waals surface area contributed by atoms with E-state index in [9.17, 15) is 9.00 Å². The van der Waals surface area contributed by atoms with E-state index < -0.39 is 11.2 Å². The molecule has 1 atom stereocenters. The molecule has 1 saturated heterocycles. The number of hydrogen-bond acceptors (Lipinski definition) is 5. The van der Waals surface area contributed by atoms with Crippen LogP contribution >= 0.6 is 0 Å². The maximum atomic E-state index is 12.5. The molecule has 0 aliphatic carbocycles. The molecule has 1 fully saturated rings. The number of carbonyl (C=O) groups excluding carboxylic acids is 1. The highest BCUT2D eigenvalue weighted by molar-refractivity contribution is 7.84. The summed E-state index contributed by atoms with van der Waals surface area (Å²) in [4.78, 5) is 19.0. The van der Waals surface area contributed by atoms with Crippen molar-refractivity contribution in [3.05, 3.63) is 12.0 Å². The number of nitrogens with zero attached hydrogens (tertiary/aromatic N) is 5. The number of ether oxygens (including phenoxy) is 1. The standard InChI is InChI=1S/C13H21N5O3S/c1-15-10-14-12-11(15)13(19)18(22(20)16(12)2)5-3-4-17-6-8-21-9-7-17/h10H,3-9H2,1-2H3. The van der Waals surface area contributed by atoms with E-state index in [0.29, 0.717) is 18.1 Å². The summed E-state index contributed by atoms with van der Waals surface area (Å²) in [5.74, 6) is 0.267. The number of imidazole rings is 1. The fourth-order valence-electron chi connectivity index (χ4n) is 2.75. The second-order valence-electron chi connectivity index (χ2n) is 5.47. The Labute approximate surface area is 132 Å². The van der Waals surface area contributed by atoms with Crippen molar-refractivity contribution in [3.8, 4) is 0 Å². The Morgan fingerprint density at radius 3 is 2.73 bits per heavy atom. The van der Waals surface area contributed by atoms with Crippen LogP contribution in [-0.4, -0.2) is 75.3 Å². The van der Waals surface area contributed by atoms with Crippen LogP contribution in [0.15, 0.2) is 6.33 Å². The largest absolute Gasteiger partial charge is 0.379 e. The lowest BCUT2D eigenvalue weighted by Crippen LogP contribution is -2.47. The van der Waals surface area contributed by atoms with Crippen molar-refractivity contribution in [1.82, 2.24) is 18.8 Å². The van der Waals surface area contributed by atoms with Crippen LogP contribution in [0.5, 0.6) is 0 Å². The summed E-state index contributed by atoms with van der Waals surface area (Å²) in [7, 11) is 3.47. The first kappa shape index (κ1) is 15.4. The van der Waals surface area contributed by atoms with Crippen LogP contribution in [0.2, 0.25) is 0 Å². The predicted octanol–water partition coefficient (Wildman–Crippen LogP) is -0.387. The summed E-state index contributed by atoms with van der Waals surface area (Å²) in [6.45, 7) is 4.71. The fourth-order valence-corrected chi connectivity index (χ4v) is 3.84. The van der Waals surface area contributed by atoms with E-state index in [-0.39, 0.29) is 5.91 Å². The Hall–Kier alpha value is -1.45. The van der Waals surface area contributed by atoms with Gasteiger partial charge in [0, 0.05) is 40.3 Å². The van der Waals surface area contributed by atoms with Gasteiger partial charge in [-0.25, -0.2) is 13.5 Å². The minimum absolute atomic E-state index is 0.214. The minimum atomic E-state index is -1.51. The van der Waals surface area contributed by atoms with Crippen LogP contribution in [0.25, 0.3) is 0 Å². The first-order chi connectivity index (χ1) is 10.6. The minimum Gasteiger partial charge on any atom is -0.379 e. The number of anilines is 1. The lowest BCUT2D eigenvalue weighted by atomic mass is 10.3. The number of amides is 1. The van der Waals surface area contributed by atoms with Crippen LogP contribution in [0.4, 0.5) is 5.82 Å². The lowest BCUT2D eigenvalue weighted by Gasteiger charge is -2.32. The smallest absolute Gasteiger partial charge is 0.287 e. The molecular formula is C13H21N5O3S. The van der Waals surface area contributed by atoms with Gasteiger partial charge in [-0.2, -0.15) is 0 Å². The molecule has 1 amide bonds. The molecule has 3 heterocycles. The Balaban J connectivity index is 1.65. The lowest BCUT2D eigenvalue weighted by molar-refractivity contribution is 0.0367. The van der Waals surface area contributed by atoms with Crippen molar-refractivity contribution in [2.24, 2.45) is 7.05 Å². The molecule has 3 rings (SSSR count).